The molecule has 3 N–H and O–H groups in total. The second-order valence-electron chi connectivity index (χ2n) is 5.49. The van der Waals surface area contributed by atoms with Crippen molar-refractivity contribution < 1.29 is 4.79 Å². The van der Waals surface area contributed by atoms with Crippen molar-refractivity contribution in [2.45, 2.75) is 25.8 Å². The van der Waals surface area contributed by atoms with Crippen molar-refractivity contribution in [3.63, 3.8) is 0 Å². The van der Waals surface area contributed by atoms with Crippen LogP contribution in [0.4, 0.5) is 5.69 Å². The lowest BCUT2D eigenvalue weighted by atomic mass is 10.0. The first kappa shape index (κ1) is 15.3. The van der Waals surface area contributed by atoms with Gasteiger partial charge in [-0.2, -0.15) is 0 Å². The molecule has 1 saturated heterocycles. The van der Waals surface area contributed by atoms with Crippen LogP contribution in [0.15, 0.2) is 24.3 Å². The molecule has 2 atom stereocenters. The summed E-state index contributed by atoms with van der Waals surface area (Å²) in [4.78, 5) is 14.2. The average molecular weight is 296 g/mol. The molecule has 110 valence electrons. The maximum Gasteiger partial charge on any atom is 0.225 e. The van der Waals surface area contributed by atoms with Gasteiger partial charge in [0.1, 0.15) is 0 Å². The summed E-state index contributed by atoms with van der Waals surface area (Å²) >= 11 is 6.01. The van der Waals surface area contributed by atoms with Crippen LogP contribution in [-0.2, 0) is 4.79 Å². The molecule has 1 fully saturated rings. The Bertz CT molecular complexity index is 464. The molecule has 1 heterocycles. The number of halogens is 1. The number of carbonyl (C=O) groups excluding carboxylic acids is 1. The highest BCUT2D eigenvalue weighted by molar-refractivity contribution is 6.33. The van der Waals surface area contributed by atoms with E-state index in [1.54, 1.807) is 6.07 Å². The summed E-state index contributed by atoms with van der Waals surface area (Å²) < 4.78 is 0. The number of nitrogens with two attached hydrogens (primary N) is 1. The first-order valence-electron chi connectivity index (χ1n) is 7.08. The predicted octanol–water partition coefficient (Wildman–Crippen LogP) is 2.34. The molecular weight excluding hydrogens is 274 g/mol. The molecule has 20 heavy (non-hydrogen) atoms. The molecule has 5 heteroatoms. The molecular formula is C15H22ClN3O. The Balaban J connectivity index is 1.75. The van der Waals surface area contributed by atoms with Crippen LogP contribution >= 0.6 is 11.6 Å². The highest BCUT2D eigenvalue weighted by atomic mass is 35.5. The largest absolute Gasteiger partial charge is 0.328 e. The fraction of sp³-hybridized carbons (Fsp3) is 0.533. The van der Waals surface area contributed by atoms with Crippen LogP contribution in [0.2, 0.25) is 5.02 Å². The van der Waals surface area contributed by atoms with Crippen LogP contribution in [0.1, 0.15) is 19.8 Å². The van der Waals surface area contributed by atoms with Crippen LogP contribution in [0.25, 0.3) is 0 Å². The SMILES string of the molecule is CC(N)C1CCN(CCC(=O)Nc2ccccc2Cl)C1. The summed E-state index contributed by atoms with van der Waals surface area (Å²) in [5, 5.41) is 3.41. The van der Waals surface area contributed by atoms with Crippen LogP contribution in [0.5, 0.6) is 0 Å². The standard InChI is InChI=1S/C15H22ClN3O/c1-11(17)12-6-8-19(10-12)9-7-15(20)18-14-5-3-2-4-13(14)16/h2-5,11-12H,6-10,17H2,1H3,(H,18,20). The van der Waals surface area contributed by atoms with Crippen molar-refractivity contribution in [3.05, 3.63) is 29.3 Å². The summed E-state index contributed by atoms with van der Waals surface area (Å²) in [6.07, 6.45) is 1.61. The third kappa shape index (κ3) is 4.20. The van der Waals surface area contributed by atoms with Gasteiger partial charge in [0.05, 0.1) is 10.7 Å². The van der Waals surface area contributed by atoms with Gasteiger partial charge < -0.3 is 16.0 Å². The summed E-state index contributed by atoms with van der Waals surface area (Å²) in [7, 11) is 0. The van der Waals surface area contributed by atoms with E-state index < -0.39 is 0 Å². The van der Waals surface area contributed by atoms with Crippen molar-refractivity contribution in [1.82, 2.24) is 4.90 Å². The fourth-order valence-corrected chi connectivity index (χ4v) is 2.71. The van der Waals surface area contributed by atoms with Gasteiger partial charge in [-0.05, 0) is 37.9 Å². The number of likely N-dealkylation sites (tertiary alicyclic amines) is 1. The molecule has 0 spiro atoms. The zero-order valence-corrected chi connectivity index (χ0v) is 12.6. The monoisotopic (exact) mass is 295 g/mol. The van der Waals surface area contributed by atoms with Gasteiger partial charge in [-0.15, -0.1) is 0 Å². The van der Waals surface area contributed by atoms with Crippen molar-refractivity contribution in [3.8, 4) is 0 Å². The molecule has 1 aromatic rings. The Kier molecular flexibility index (Phi) is 5.40. The number of nitrogens with zero attached hydrogens (tertiary/aromatic N) is 1. The highest BCUT2D eigenvalue weighted by Gasteiger charge is 2.25. The average Bonchev–Trinajstić information content (AvgIpc) is 2.88. The zero-order valence-electron chi connectivity index (χ0n) is 11.8. The van der Waals surface area contributed by atoms with Crippen molar-refractivity contribution >= 4 is 23.2 Å². The number of rotatable bonds is 5. The Labute approximate surface area is 125 Å². The number of carbonyl (C=O) groups is 1. The lowest BCUT2D eigenvalue weighted by Gasteiger charge is -2.17. The summed E-state index contributed by atoms with van der Waals surface area (Å²) in [6.45, 7) is 4.86. The minimum Gasteiger partial charge on any atom is -0.328 e. The molecule has 0 radical (unpaired) electrons. The van der Waals surface area contributed by atoms with E-state index in [2.05, 4.69) is 17.1 Å². The van der Waals surface area contributed by atoms with E-state index >= 15 is 0 Å². The Morgan fingerprint density at radius 3 is 2.95 bits per heavy atom. The third-order valence-corrected chi connectivity index (χ3v) is 4.19. The van der Waals surface area contributed by atoms with Crippen LogP contribution < -0.4 is 11.1 Å². The molecule has 2 unspecified atom stereocenters. The lowest BCUT2D eigenvalue weighted by Crippen LogP contribution is -2.31. The second kappa shape index (κ2) is 7.07. The first-order valence-corrected chi connectivity index (χ1v) is 7.46. The van der Waals surface area contributed by atoms with Gasteiger partial charge in [0.25, 0.3) is 0 Å². The maximum absolute atomic E-state index is 11.9. The summed E-state index contributed by atoms with van der Waals surface area (Å²) in [5.41, 5.74) is 6.59. The van der Waals surface area contributed by atoms with Gasteiger partial charge in [-0.3, -0.25) is 4.79 Å². The Morgan fingerprint density at radius 1 is 1.55 bits per heavy atom. The first-order chi connectivity index (χ1) is 9.56. The van der Waals surface area contributed by atoms with Crippen LogP contribution in [0.3, 0.4) is 0 Å². The topological polar surface area (TPSA) is 58.4 Å². The highest BCUT2D eigenvalue weighted by Crippen LogP contribution is 2.21. The fourth-order valence-electron chi connectivity index (χ4n) is 2.53. The molecule has 1 aliphatic rings. The van der Waals surface area contributed by atoms with E-state index in [0.717, 1.165) is 26.1 Å². The lowest BCUT2D eigenvalue weighted by molar-refractivity contribution is -0.116. The number of benzene rings is 1. The van der Waals surface area contributed by atoms with Gasteiger partial charge in [-0.25, -0.2) is 0 Å². The Morgan fingerprint density at radius 2 is 2.30 bits per heavy atom. The number of hydrogen-bond acceptors (Lipinski definition) is 3. The third-order valence-electron chi connectivity index (χ3n) is 3.86. The van der Waals surface area contributed by atoms with E-state index in [1.807, 2.05) is 18.2 Å². The number of nitrogens with one attached hydrogen (secondary N) is 1. The quantitative estimate of drug-likeness (QED) is 0.876. The summed E-state index contributed by atoms with van der Waals surface area (Å²) in [6, 6.07) is 7.51. The molecule has 4 nitrogen and oxygen atoms in total. The molecule has 0 aromatic heterocycles. The molecule has 0 aliphatic carbocycles. The molecule has 1 aliphatic heterocycles. The number of hydrogen-bond donors (Lipinski definition) is 2. The van der Waals surface area contributed by atoms with Gasteiger partial charge in [0.2, 0.25) is 5.91 Å². The van der Waals surface area contributed by atoms with Gasteiger partial charge >= 0.3 is 0 Å². The van der Waals surface area contributed by atoms with E-state index in [1.165, 1.54) is 0 Å². The van der Waals surface area contributed by atoms with Gasteiger partial charge in [0.15, 0.2) is 0 Å². The minimum atomic E-state index is 0.00217. The molecule has 0 bridgehead atoms. The van der Waals surface area contributed by atoms with Crippen molar-refractivity contribution in [1.29, 1.82) is 0 Å². The minimum absolute atomic E-state index is 0.00217. The van der Waals surface area contributed by atoms with E-state index in [9.17, 15) is 4.79 Å². The predicted molar refractivity (Wildman–Crippen MR) is 82.9 cm³/mol. The summed E-state index contributed by atoms with van der Waals surface area (Å²) in [5.74, 6) is 0.559. The van der Waals surface area contributed by atoms with E-state index in [-0.39, 0.29) is 11.9 Å². The van der Waals surface area contributed by atoms with E-state index in [0.29, 0.717) is 23.0 Å². The Hall–Kier alpha value is -1.10. The number of amides is 1. The second-order valence-corrected chi connectivity index (χ2v) is 5.89. The molecule has 0 saturated carbocycles. The van der Waals surface area contributed by atoms with Crippen molar-refractivity contribution in [2.75, 3.05) is 25.0 Å². The van der Waals surface area contributed by atoms with Crippen molar-refractivity contribution in [2.24, 2.45) is 11.7 Å². The zero-order chi connectivity index (χ0) is 14.5. The number of para-hydroxylation sites is 1. The van der Waals surface area contributed by atoms with Crippen LogP contribution in [0, 0.1) is 5.92 Å². The maximum atomic E-state index is 11.9. The smallest absolute Gasteiger partial charge is 0.225 e. The molecule has 2 rings (SSSR count). The number of anilines is 1. The van der Waals surface area contributed by atoms with Crippen LogP contribution in [-0.4, -0.2) is 36.5 Å². The molecule has 1 amide bonds. The normalized spacial score (nSPS) is 20.9. The van der Waals surface area contributed by atoms with Gasteiger partial charge in [0, 0.05) is 25.6 Å². The van der Waals surface area contributed by atoms with Gasteiger partial charge in [-0.1, -0.05) is 23.7 Å². The van der Waals surface area contributed by atoms with E-state index in [4.69, 9.17) is 17.3 Å². The molecule has 1 aromatic carbocycles.